The van der Waals surface area contributed by atoms with Gasteiger partial charge in [-0.1, -0.05) is 13.0 Å². The van der Waals surface area contributed by atoms with E-state index in [2.05, 4.69) is 10.3 Å². The van der Waals surface area contributed by atoms with Gasteiger partial charge in [0.25, 0.3) is 0 Å². The van der Waals surface area contributed by atoms with E-state index in [1.54, 1.807) is 32.5 Å². The van der Waals surface area contributed by atoms with Crippen molar-refractivity contribution >= 4 is 11.5 Å². The third-order valence-electron chi connectivity index (χ3n) is 4.03. The van der Waals surface area contributed by atoms with Gasteiger partial charge < -0.3 is 14.8 Å². The van der Waals surface area contributed by atoms with Crippen molar-refractivity contribution < 1.29 is 14.4 Å². The monoisotopic (exact) mass is 345 g/mol. The lowest BCUT2D eigenvalue weighted by atomic mass is 9.99. The fraction of sp³-hybridized carbons (Fsp3) is 0.389. The summed E-state index contributed by atoms with van der Waals surface area (Å²) >= 11 is 0. The second-order valence-corrected chi connectivity index (χ2v) is 5.70. The lowest BCUT2D eigenvalue weighted by Gasteiger charge is -2.17. The first-order valence-corrected chi connectivity index (χ1v) is 8.05. The van der Waals surface area contributed by atoms with Gasteiger partial charge in [-0.05, 0) is 42.7 Å². The number of aromatic nitrogens is 1. The van der Waals surface area contributed by atoms with Crippen LogP contribution in [0.25, 0.3) is 11.1 Å². The fourth-order valence-electron chi connectivity index (χ4n) is 2.68. The van der Waals surface area contributed by atoms with Gasteiger partial charge in [-0.3, -0.25) is 10.1 Å². The smallest absolute Gasteiger partial charge is 0.319 e. The van der Waals surface area contributed by atoms with Crippen molar-refractivity contribution in [3.05, 3.63) is 46.1 Å². The van der Waals surface area contributed by atoms with Crippen LogP contribution in [0.2, 0.25) is 0 Å². The molecule has 0 radical (unpaired) electrons. The molecular formula is C18H23N3O4. The average Bonchev–Trinajstić information content (AvgIpc) is 2.60. The molecule has 0 fully saturated rings. The standard InChI is InChI=1S/C18H23N3O4/c1-5-13(11-24-3)20-18-17(21(22)23)16(8-9-19-18)15-7-6-14(25-4)10-12(15)2/h6-10,13H,5,11H2,1-4H3,(H,19,20). The number of nitro groups is 1. The van der Waals surface area contributed by atoms with Crippen LogP contribution >= 0.6 is 0 Å². The minimum absolute atomic E-state index is 0.0367. The molecule has 0 saturated carbocycles. The molecule has 0 saturated heterocycles. The zero-order valence-corrected chi connectivity index (χ0v) is 14.9. The first kappa shape index (κ1) is 18.7. The molecule has 7 nitrogen and oxygen atoms in total. The molecule has 1 atom stereocenters. The van der Waals surface area contributed by atoms with Crippen LogP contribution in [0.3, 0.4) is 0 Å². The van der Waals surface area contributed by atoms with Crippen molar-refractivity contribution in [1.82, 2.24) is 4.98 Å². The minimum Gasteiger partial charge on any atom is -0.497 e. The number of ether oxygens (including phenoxy) is 2. The molecule has 0 bridgehead atoms. The zero-order chi connectivity index (χ0) is 18.4. The third-order valence-corrected chi connectivity index (χ3v) is 4.03. The van der Waals surface area contributed by atoms with Crippen LogP contribution in [-0.4, -0.2) is 36.8 Å². The Morgan fingerprint density at radius 3 is 2.60 bits per heavy atom. The summed E-state index contributed by atoms with van der Waals surface area (Å²) < 4.78 is 10.4. The number of aryl methyl sites for hydroxylation is 1. The summed E-state index contributed by atoms with van der Waals surface area (Å²) in [6, 6.07) is 7.08. The Balaban J connectivity index is 2.52. The quantitative estimate of drug-likeness (QED) is 0.578. The molecule has 0 spiro atoms. The fourth-order valence-corrected chi connectivity index (χ4v) is 2.68. The van der Waals surface area contributed by atoms with Gasteiger partial charge in [-0.2, -0.15) is 0 Å². The van der Waals surface area contributed by atoms with E-state index in [0.29, 0.717) is 17.9 Å². The lowest BCUT2D eigenvalue weighted by molar-refractivity contribution is -0.383. The predicted molar refractivity (Wildman–Crippen MR) is 97.2 cm³/mol. The molecule has 134 valence electrons. The Morgan fingerprint density at radius 2 is 2.04 bits per heavy atom. The van der Waals surface area contributed by atoms with Gasteiger partial charge in [-0.15, -0.1) is 0 Å². The number of rotatable bonds is 8. The third kappa shape index (κ3) is 4.24. The van der Waals surface area contributed by atoms with Gasteiger partial charge in [-0.25, -0.2) is 4.98 Å². The molecule has 1 N–H and O–H groups in total. The maximum Gasteiger partial charge on any atom is 0.319 e. The molecule has 0 aliphatic carbocycles. The van der Waals surface area contributed by atoms with Gasteiger partial charge in [0.05, 0.1) is 30.2 Å². The molecule has 2 aromatic rings. The van der Waals surface area contributed by atoms with Crippen molar-refractivity contribution in [3.8, 4) is 16.9 Å². The summed E-state index contributed by atoms with van der Waals surface area (Å²) in [7, 11) is 3.19. The maximum absolute atomic E-state index is 11.7. The average molecular weight is 345 g/mol. The van der Waals surface area contributed by atoms with Crippen LogP contribution in [0.4, 0.5) is 11.5 Å². The Kier molecular flexibility index (Phi) is 6.30. The predicted octanol–water partition coefficient (Wildman–Crippen LogP) is 3.81. The van der Waals surface area contributed by atoms with Crippen molar-refractivity contribution in [2.24, 2.45) is 0 Å². The highest BCUT2D eigenvalue weighted by Gasteiger charge is 2.24. The highest BCUT2D eigenvalue weighted by molar-refractivity contribution is 5.82. The Labute approximate surface area is 147 Å². The number of nitrogens with one attached hydrogen (secondary N) is 1. The van der Waals surface area contributed by atoms with Crippen molar-refractivity contribution in [1.29, 1.82) is 0 Å². The van der Waals surface area contributed by atoms with Crippen LogP contribution in [0.1, 0.15) is 18.9 Å². The molecule has 0 aliphatic heterocycles. The molecule has 2 rings (SSSR count). The zero-order valence-electron chi connectivity index (χ0n) is 14.9. The number of methoxy groups -OCH3 is 2. The molecule has 1 unspecified atom stereocenters. The lowest BCUT2D eigenvalue weighted by Crippen LogP contribution is -2.25. The second kappa shape index (κ2) is 8.43. The summed E-state index contributed by atoms with van der Waals surface area (Å²) in [6.07, 6.45) is 2.34. The number of nitrogens with zero attached hydrogens (tertiary/aromatic N) is 2. The SMILES string of the molecule is CCC(COC)Nc1nccc(-c2ccc(OC)cc2C)c1[N+](=O)[O-]. The molecular weight excluding hydrogens is 322 g/mol. The van der Waals surface area contributed by atoms with Crippen LogP contribution in [0.15, 0.2) is 30.5 Å². The van der Waals surface area contributed by atoms with Crippen molar-refractivity contribution in [3.63, 3.8) is 0 Å². The Morgan fingerprint density at radius 1 is 1.28 bits per heavy atom. The number of pyridine rings is 1. The van der Waals surface area contributed by atoms with E-state index in [4.69, 9.17) is 9.47 Å². The summed E-state index contributed by atoms with van der Waals surface area (Å²) in [5.41, 5.74) is 2.15. The molecule has 0 aliphatic rings. The number of hydrogen-bond donors (Lipinski definition) is 1. The van der Waals surface area contributed by atoms with Crippen LogP contribution in [0.5, 0.6) is 5.75 Å². The molecule has 1 aromatic heterocycles. The number of anilines is 1. The summed E-state index contributed by atoms with van der Waals surface area (Å²) in [6.45, 7) is 4.33. The van der Waals surface area contributed by atoms with E-state index in [0.717, 1.165) is 17.5 Å². The van der Waals surface area contributed by atoms with Gasteiger partial charge in [0.15, 0.2) is 0 Å². The van der Waals surface area contributed by atoms with Crippen LogP contribution < -0.4 is 10.1 Å². The van der Waals surface area contributed by atoms with E-state index < -0.39 is 4.92 Å². The largest absolute Gasteiger partial charge is 0.497 e. The summed E-state index contributed by atoms with van der Waals surface area (Å²) in [5.74, 6) is 0.962. The van der Waals surface area contributed by atoms with Gasteiger partial charge in [0.1, 0.15) is 5.75 Å². The first-order chi connectivity index (χ1) is 12.0. The van der Waals surface area contributed by atoms with Crippen LogP contribution in [-0.2, 0) is 4.74 Å². The summed E-state index contributed by atoms with van der Waals surface area (Å²) in [4.78, 5) is 15.5. The van der Waals surface area contributed by atoms with E-state index in [1.807, 2.05) is 26.0 Å². The van der Waals surface area contributed by atoms with Gasteiger partial charge in [0.2, 0.25) is 5.82 Å². The van der Waals surface area contributed by atoms with Gasteiger partial charge >= 0.3 is 5.69 Å². The van der Waals surface area contributed by atoms with E-state index in [1.165, 1.54) is 0 Å². The first-order valence-electron chi connectivity index (χ1n) is 8.05. The van der Waals surface area contributed by atoms with Crippen LogP contribution in [0, 0.1) is 17.0 Å². The van der Waals surface area contributed by atoms with Crippen molar-refractivity contribution in [2.45, 2.75) is 26.3 Å². The maximum atomic E-state index is 11.7. The number of hydrogen-bond acceptors (Lipinski definition) is 6. The second-order valence-electron chi connectivity index (χ2n) is 5.70. The van der Waals surface area contributed by atoms with Gasteiger partial charge in [0, 0.05) is 13.3 Å². The Hall–Kier alpha value is -2.67. The highest BCUT2D eigenvalue weighted by atomic mass is 16.6. The van der Waals surface area contributed by atoms with E-state index in [-0.39, 0.29) is 17.5 Å². The molecule has 1 heterocycles. The van der Waals surface area contributed by atoms with E-state index in [9.17, 15) is 10.1 Å². The number of benzene rings is 1. The molecule has 25 heavy (non-hydrogen) atoms. The van der Waals surface area contributed by atoms with E-state index >= 15 is 0 Å². The molecule has 0 amide bonds. The molecule has 1 aromatic carbocycles. The normalized spacial score (nSPS) is 11.8. The highest BCUT2D eigenvalue weighted by Crippen LogP contribution is 2.37. The Bertz CT molecular complexity index is 749. The summed E-state index contributed by atoms with van der Waals surface area (Å²) in [5, 5.41) is 14.9. The van der Waals surface area contributed by atoms with Crippen molar-refractivity contribution in [2.75, 3.05) is 26.1 Å². The topological polar surface area (TPSA) is 86.5 Å². The minimum atomic E-state index is -0.395. The molecule has 7 heteroatoms.